The van der Waals surface area contributed by atoms with Crippen LogP contribution in [0.5, 0.6) is 0 Å². The lowest BCUT2D eigenvalue weighted by Gasteiger charge is -2.45. The smallest absolute Gasteiger partial charge is 0.354 e. The number of fused-ring (bicyclic) bond motifs is 1. The lowest BCUT2D eigenvalue weighted by atomic mass is 9.72. The van der Waals surface area contributed by atoms with Crippen LogP contribution in [0, 0.1) is 5.41 Å². The lowest BCUT2D eigenvalue weighted by Crippen LogP contribution is -2.53. The Morgan fingerprint density at radius 2 is 2.03 bits per heavy atom. The zero-order chi connectivity index (χ0) is 25.1. The predicted octanol–water partition coefficient (Wildman–Crippen LogP) is 2.39. The number of nitrogens with one attached hydrogen (secondary N) is 2. The highest BCUT2D eigenvalue weighted by Gasteiger charge is 2.53. The first kappa shape index (κ1) is 24.9. The van der Waals surface area contributed by atoms with E-state index in [2.05, 4.69) is 40.9 Å². The van der Waals surface area contributed by atoms with Gasteiger partial charge in [-0.2, -0.15) is 5.10 Å². The molecule has 34 heavy (non-hydrogen) atoms. The average molecular weight is 493 g/mol. The van der Waals surface area contributed by atoms with Crippen LogP contribution in [-0.4, -0.2) is 42.4 Å². The zero-order valence-electron chi connectivity index (χ0n) is 20.6. The second-order valence-electron chi connectivity index (χ2n) is 10.9. The molecule has 4 rings (SSSR count). The molecule has 2 unspecified atom stereocenters. The topological polar surface area (TPSA) is 155 Å². The number of carbonyl (C=O) groups is 1. The third-order valence-electron chi connectivity index (χ3n) is 7.81. The Hall–Kier alpha value is -2.21. The number of aromatic nitrogens is 2. The molecular formula is C23H36N6O4S. The van der Waals surface area contributed by atoms with Gasteiger partial charge in [-0.05, 0) is 69.4 Å². The van der Waals surface area contributed by atoms with Gasteiger partial charge in [0.15, 0.2) is 14.9 Å². The quantitative estimate of drug-likeness (QED) is 0.425. The summed E-state index contributed by atoms with van der Waals surface area (Å²) in [6.07, 6.45) is 4.63. The van der Waals surface area contributed by atoms with E-state index in [0.717, 1.165) is 54.6 Å². The van der Waals surface area contributed by atoms with E-state index in [1.807, 2.05) is 0 Å². The summed E-state index contributed by atoms with van der Waals surface area (Å²) in [4.78, 5) is 13.0. The number of dihydropyridines is 1. The van der Waals surface area contributed by atoms with Gasteiger partial charge in [0.05, 0.1) is 30.0 Å². The standard InChI is InChI=1S/C23H36N6O4S/c1-21(2)10-9-16-19(15-7-6-8-17(15)26-23(16,21)5)25-20(32)28-34(24,33)18-11-14(12-30)29(27-18)22(3,4)13-31/h11,26,30-31H,6-10,12-13H2,1-5H3,(H3,24,25,28,32,33). The Balaban J connectivity index is 1.70. The highest BCUT2D eigenvalue weighted by atomic mass is 32.2. The van der Waals surface area contributed by atoms with Gasteiger partial charge >= 0.3 is 6.03 Å². The Morgan fingerprint density at radius 1 is 1.32 bits per heavy atom. The summed E-state index contributed by atoms with van der Waals surface area (Å²) in [5, 5.41) is 36.1. The van der Waals surface area contributed by atoms with E-state index in [-0.39, 0.29) is 22.6 Å². The molecular weight excluding hydrogens is 456 g/mol. The van der Waals surface area contributed by atoms with Crippen molar-refractivity contribution in [3.8, 4) is 0 Å². The summed E-state index contributed by atoms with van der Waals surface area (Å²) < 4.78 is 18.4. The van der Waals surface area contributed by atoms with Gasteiger partial charge in [0.2, 0.25) is 0 Å². The highest BCUT2D eigenvalue weighted by molar-refractivity contribution is 7.91. The number of nitrogens with zero attached hydrogens (tertiary/aromatic N) is 3. The molecule has 2 amide bonds. The molecule has 0 spiro atoms. The van der Waals surface area contributed by atoms with Crippen molar-refractivity contribution >= 4 is 15.9 Å². The molecule has 0 aromatic carbocycles. The largest absolute Gasteiger partial charge is 0.394 e. The highest BCUT2D eigenvalue weighted by Crippen LogP contribution is 2.54. The average Bonchev–Trinajstić information content (AvgIpc) is 3.44. The SMILES string of the molecule is CC(C)(CO)n1nc(S(N)(=O)=NC(=O)NC2=C3CCC(C)(C)C3(C)NC3=C2CCC3)cc1CO. The van der Waals surface area contributed by atoms with Crippen molar-refractivity contribution in [1.29, 1.82) is 0 Å². The van der Waals surface area contributed by atoms with Crippen molar-refractivity contribution in [3.63, 3.8) is 0 Å². The Bertz CT molecular complexity index is 1220. The Labute approximate surface area is 201 Å². The molecule has 2 heterocycles. The monoisotopic (exact) mass is 492 g/mol. The number of carbonyl (C=O) groups excluding carboxylic acids is 1. The second kappa shape index (κ2) is 8.18. The van der Waals surface area contributed by atoms with Gasteiger partial charge in [-0.1, -0.05) is 13.8 Å². The zero-order valence-corrected chi connectivity index (χ0v) is 21.4. The van der Waals surface area contributed by atoms with E-state index in [9.17, 15) is 19.2 Å². The number of rotatable bonds is 5. The fourth-order valence-corrected chi connectivity index (χ4v) is 6.19. The molecule has 0 radical (unpaired) electrons. The van der Waals surface area contributed by atoms with Crippen LogP contribution in [0.1, 0.15) is 72.4 Å². The molecule has 6 N–H and O–H groups in total. The van der Waals surface area contributed by atoms with Crippen LogP contribution in [0.3, 0.4) is 0 Å². The van der Waals surface area contributed by atoms with Crippen molar-refractivity contribution < 1.29 is 19.2 Å². The van der Waals surface area contributed by atoms with Gasteiger partial charge in [0.25, 0.3) is 0 Å². The number of urea groups is 1. The van der Waals surface area contributed by atoms with Crippen LogP contribution in [-0.2, 0) is 22.1 Å². The number of hydrogen-bond acceptors (Lipinski definition) is 6. The van der Waals surface area contributed by atoms with Crippen molar-refractivity contribution in [1.82, 2.24) is 20.4 Å². The normalized spacial score (nSPS) is 25.5. The molecule has 11 heteroatoms. The first-order valence-corrected chi connectivity index (χ1v) is 13.2. The maximum absolute atomic E-state index is 13.2. The summed E-state index contributed by atoms with van der Waals surface area (Å²) in [5.74, 6) is 0. The lowest BCUT2D eigenvalue weighted by molar-refractivity contribution is 0.140. The van der Waals surface area contributed by atoms with E-state index in [1.54, 1.807) is 13.8 Å². The molecule has 2 aliphatic carbocycles. The second-order valence-corrected chi connectivity index (χ2v) is 12.6. The van der Waals surface area contributed by atoms with E-state index in [4.69, 9.17) is 5.14 Å². The minimum atomic E-state index is -3.69. The van der Waals surface area contributed by atoms with E-state index in [0.29, 0.717) is 5.69 Å². The summed E-state index contributed by atoms with van der Waals surface area (Å²) >= 11 is 0. The number of nitrogens with two attached hydrogens (primary N) is 1. The molecule has 0 saturated heterocycles. The van der Waals surface area contributed by atoms with Gasteiger partial charge in [0, 0.05) is 17.5 Å². The van der Waals surface area contributed by atoms with Gasteiger partial charge in [-0.15, -0.1) is 4.36 Å². The maximum atomic E-state index is 13.2. The predicted molar refractivity (Wildman–Crippen MR) is 129 cm³/mol. The molecule has 1 aromatic heterocycles. The van der Waals surface area contributed by atoms with Crippen LogP contribution in [0.4, 0.5) is 4.79 Å². The third kappa shape index (κ3) is 3.88. The van der Waals surface area contributed by atoms with Crippen LogP contribution in [0.25, 0.3) is 0 Å². The summed E-state index contributed by atoms with van der Waals surface area (Å²) in [6, 6.07) is 0.570. The van der Waals surface area contributed by atoms with Crippen LogP contribution in [0.15, 0.2) is 38.0 Å². The Morgan fingerprint density at radius 3 is 2.68 bits per heavy atom. The number of aliphatic hydroxyl groups excluding tert-OH is 2. The summed E-state index contributed by atoms with van der Waals surface area (Å²) in [7, 11) is -3.69. The van der Waals surface area contributed by atoms with Gasteiger partial charge < -0.3 is 20.8 Å². The third-order valence-corrected chi connectivity index (χ3v) is 9.05. The molecule has 0 bridgehead atoms. The fraction of sp³-hybridized carbons (Fsp3) is 0.652. The first-order valence-electron chi connectivity index (χ1n) is 11.7. The molecule has 188 valence electrons. The van der Waals surface area contributed by atoms with Crippen molar-refractivity contribution in [2.75, 3.05) is 6.61 Å². The van der Waals surface area contributed by atoms with Crippen LogP contribution < -0.4 is 15.8 Å². The van der Waals surface area contributed by atoms with Crippen molar-refractivity contribution in [3.05, 3.63) is 34.3 Å². The number of amides is 2. The number of allylic oxidation sites excluding steroid dienone is 2. The maximum Gasteiger partial charge on any atom is 0.354 e. The van der Waals surface area contributed by atoms with Crippen molar-refractivity contribution in [2.24, 2.45) is 14.9 Å². The van der Waals surface area contributed by atoms with E-state index < -0.39 is 28.1 Å². The minimum Gasteiger partial charge on any atom is -0.394 e. The molecule has 1 saturated carbocycles. The molecule has 1 fully saturated rings. The minimum absolute atomic E-state index is 0.00498. The fourth-order valence-electron chi connectivity index (χ4n) is 5.30. The molecule has 3 aliphatic rings. The van der Waals surface area contributed by atoms with Crippen molar-refractivity contribution in [2.45, 2.75) is 89.4 Å². The van der Waals surface area contributed by atoms with Gasteiger partial charge in [0.1, 0.15) is 0 Å². The number of aliphatic hydroxyl groups is 2. The Kier molecular flexibility index (Phi) is 5.99. The molecule has 2 atom stereocenters. The first-order chi connectivity index (χ1) is 15.8. The van der Waals surface area contributed by atoms with Crippen LogP contribution >= 0.6 is 0 Å². The van der Waals surface area contributed by atoms with Gasteiger partial charge in [-0.25, -0.2) is 14.1 Å². The van der Waals surface area contributed by atoms with Crippen LogP contribution in [0.2, 0.25) is 0 Å². The molecule has 1 aromatic rings. The van der Waals surface area contributed by atoms with E-state index in [1.165, 1.54) is 10.7 Å². The van der Waals surface area contributed by atoms with Gasteiger partial charge in [-0.3, -0.25) is 4.68 Å². The number of hydrogen-bond donors (Lipinski definition) is 5. The molecule has 10 nitrogen and oxygen atoms in total. The summed E-state index contributed by atoms with van der Waals surface area (Å²) in [6.45, 7) is 9.40. The van der Waals surface area contributed by atoms with E-state index >= 15 is 0 Å². The molecule has 1 aliphatic heterocycles. The summed E-state index contributed by atoms with van der Waals surface area (Å²) in [5.41, 5.74) is 3.35.